The predicted molar refractivity (Wildman–Crippen MR) is 109 cm³/mol. The number of likely N-dealkylation sites (tertiary alicyclic amines) is 1. The van der Waals surface area contributed by atoms with E-state index in [1.165, 1.54) is 0 Å². The molecule has 0 N–H and O–H groups in total. The monoisotopic (exact) mass is 401 g/mol. The Morgan fingerprint density at radius 2 is 1.90 bits per heavy atom. The van der Waals surface area contributed by atoms with Gasteiger partial charge in [-0.15, -0.1) is 0 Å². The molecule has 0 radical (unpaired) electrons. The molecule has 1 aromatic carbocycles. The molecule has 7 heteroatoms. The van der Waals surface area contributed by atoms with Gasteiger partial charge in [0.05, 0.1) is 25.7 Å². The van der Waals surface area contributed by atoms with Crippen LogP contribution < -0.4 is 4.74 Å². The molecule has 1 aromatic rings. The molecule has 0 aliphatic carbocycles. The van der Waals surface area contributed by atoms with Gasteiger partial charge in [0.15, 0.2) is 0 Å². The van der Waals surface area contributed by atoms with Crippen molar-refractivity contribution < 1.29 is 19.1 Å². The zero-order chi connectivity index (χ0) is 20.1. The third-order valence-electron chi connectivity index (χ3n) is 6.12. The normalized spacial score (nSPS) is 23.3. The molecule has 29 heavy (non-hydrogen) atoms. The maximum absolute atomic E-state index is 13.2. The highest BCUT2D eigenvalue weighted by Gasteiger charge is 2.33. The van der Waals surface area contributed by atoms with Crippen molar-refractivity contribution in [3.63, 3.8) is 0 Å². The Kier molecular flexibility index (Phi) is 6.67. The number of carbonyl (C=O) groups is 2. The van der Waals surface area contributed by atoms with Crippen LogP contribution in [0.3, 0.4) is 0 Å². The lowest BCUT2D eigenvalue weighted by Gasteiger charge is -2.35. The molecule has 0 aromatic heterocycles. The van der Waals surface area contributed by atoms with Crippen LogP contribution >= 0.6 is 0 Å². The van der Waals surface area contributed by atoms with Crippen molar-refractivity contribution in [3.05, 3.63) is 29.8 Å². The van der Waals surface area contributed by atoms with Crippen molar-refractivity contribution >= 4 is 11.8 Å². The number of piperidine rings is 1. The van der Waals surface area contributed by atoms with E-state index in [4.69, 9.17) is 9.47 Å². The lowest BCUT2D eigenvalue weighted by atomic mass is 9.95. The number of fused-ring (bicyclic) bond motifs is 1. The van der Waals surface area contributed by atoms with Crippen molar-refractivity contribution in [2.45, 2.75) is 25.8 Å². The molecule has 158 valence electrons. The summed E-state index contributed by atoms with van der Waals surface area (Å²) in [6, 6.07) is 7.91. The highest BCUT2D eigenvalue weighted by atomic mass is 16.5. The first-order chi connectivity index (χ1) is 14.2. The minimum Gasteiger partial charge on any atom is -0.491 e. The number of carbonyl (C=O) groups excluding carboxylic acids is 2. The summed E-state index contributed by atoms with van der Waals surface area (Å²) in [6.45, 7) is 7.45. The number of para-hydroxylation sites is 1. The molecule has 3 heterocycles. The Morgan fingerprint density at radius 1 is 1.07 bits per heavy atom. The second kappa shape index (κ2) is 9.59. The quantitative estimate of drug-likeness (QED) is 0.746. The molecule has 4 rings (SSSR count). The molecule has 2 amide bonds. The molecule has 0 unspecified atom stereocenters. The summed E-state index contributed by atoms with van der Waals surface area (Å²) in [7, 11) is 0. The molecular formula is C22H31N3O4. The Labute approximate surface area is 172 Å². The van der Waals surface area contributed by atoms with Gasteiger partial charge >= 0.3 is 0 Å². The fourth-order valence-corrected chi connectivity index (χ4v) is 4.41. The van der Waals surface area contributed by atoms with Crippen LogP contribution in [0.25, 0.3) is 0 Å². The predicted octanol–water partition coefficient (Wildman–Crippen LogP) is 1.37. The molecule has 0 spiro atoms. The first-order valence-electron chi connectivity index (χ1n) is 10.8. The smallest absolute Gasteiger partial charge is 0.227 e. The topological polar surface area (TPSA) is 62.3 Å². The summed E-state index contributed by atoms with van der Waals surface area (Å²) in [5.74, 6) is 1.09. The number of nitrogens with zero attached hydrogens (tertiary/aromatic N) is 3. The van der Waals surface area contributed by atoms with Gasteiger partial charge in [-0.3, -0.25) is 14.5 Å². The Bertz CT molecular complexity index is 720. The van der Waals surface area contributed by atoms with Gasteiger partial charge in [-0.05, 0) is 18.9 Å². The minimum absolute atomic E-state index is 0.110. The summed E-state index contributed by atoms with van der Waals surface area (Å²) in [6.07, 6.45) is 2.06. The van der Waals surface area contributed by atoms with Gasteiger partial charge < -0.3 is 19.3 Å². The van der Waals surface area contributed by atoms with Crippen LogP contribution in [-0.4, -0.2) is 85.6 Å². The van der Waals surface area contributed by atoms with Gasteiger partial charge in [0, 0.05) is 51.3 Å². The van der Waals surface area contributed by atoms with Gasteiger partial charge in [-0.1, -0.05) is 18.2 Å². The molecule has 3 aliphatic heterocycles. The van der Waals surface area contributed by atoms with E-state index < -0.39 is 0 Å². The lowest BCUT2D eigenvalue weighted by Crippen LogP contribution is -2.48. The van der Waals surface area contributed by atoms with E-state index in [2.05, 4.69) is 4.90 Å². The van der Waals surface area contributed by atoms with Crippen molar-refractivity contribution in [3.8, 4) is 5.75 Å². The van der Waals surface area contributed by atoms with Crippen LogP contribution in [0, 0.1) is 5.92 Å². The Morgan fingerprint density at radius 3 is 2.76 bits per heavy atom. The van der Waals surface area contributed by atoms with Gasteiger partial charge in [0.1, 0.15) is 12.4 Å². The molecule has 7 nitrogen and oxygen atoms in total. The standard InChI is InChI=1S/C22H31N3O4/c26-21-7-6-19(17-24(21)9-3-8-23-10-13-28-14-11-23)22(27)25-12-15-29-20-5-2-1-4-18(20)16-25/h1-2,4-5,19H,3,6-17H2/t19-/m0/s1. The van der Waals surface area contributed by atoms with E-state index in [1.807, 2.05) is 34.1 Å². The fraction of sp³-hybridized carbons (Fsp3) is 0.636. The van der Waals surface area contributed by atoms with Crippen molar-refractivity contribution in [1.82, 2.24) is 14.7 Å². The lowest BCUT2D eigenvalue weighted by molar-refractivity contribution is -0.143. The van der Waals surface area contributed by atoms with Gasteiger partial charge in [-0.2, -0.15) is 0 Å². The van der Waals surface area contributed by atoms with E-state index in [9.17, 15) is 9.59 Å². The summed E-state index contributed by atoms with van der Waals surface area (Å²) in [4.78, 5) is 31.8. The van der Waals surface area contributed by atoms with Crippen molar-refractivity contribution in [2.24, 2.45) is 5.92 Å². The molecule has 2 saturated heterocycles. The van der Waals surface area contributed by atoms with E-state index in [1.54, 1.807) is 0 Å². The number of ether oxygens (including phenoxy) is 2. The number of hydrogen-bond acceptors (Lipinski definition) is 5. The summed E-state index contributed by atoms with van der Waals surface area (Å²) >= 11 is 0. The highest BCUT2D eigenvalue weighted by molar-refractivity contribution is 5.84. The number of rotatable bonds is 5. The van der Waals surface area contributed by atoms with Gasteiger partial charge in [-0.25, -0.2) is 0 Å². The number of benzene rings is 1. The second-order valence-electron chi connectivity index (χ2n) is 8.10. The molecule has 1 atom stereocenters. The minimum atomic E-state index is -0.110. The summed E-state index contributed by atoms with van der Waals surface area (Å²) in [5, 5.41) is 0. The zero-order valence-corrected chi connectivity index (χ0v) is 17.1. The maximum Gasteiger partial charge on any atom is 0.227 e. The van der Waals surface area contributed by atoms with Gasteiger partial charge in [0.25, 0.3) is 0 Å². The summed E-state index contributed by atoms with van der Waals surface area (Å²) < 4.78 is 11.2. The summed E-state index contributed by atoms with van der Waals surface area (Å²) in [5.41, 5.74) is 1.05. The van der Waals surface area contributed by atoms with Crippen LogP contribution in [0.5, 0.6) is 5.75 Å². The van der Waals surface area contributed by atoms with E-state index >= 15 is 0 Å². The Hall–Kier alpha value is -2.12. The number of morpholine rings is 1. The third-order valence-corrected chi connectivity index (χ3v) is 6.12. The fourth-order valence-electron chi connectivity index (χ4n) is 4.41. The second-order valence-corrected chi connectivity index (χ2v) is 8.10. The number of hydrogen-bond donors (Lipinski definition) is 0. The maximum atomic E-state index is 13.2. The zero-order valence-electron chi connectivity index (χ0n) is 17.1. The van der Waals surface area contributed by atoms with E-state index in [0.29, 0.717) is 39.1 Å². The third kappa shape index (κ3) is 5.08. The first kappa shape index (κ1) is 20.2. The first-order valence-corrected chi connectivity index (χ1v) is 10.8. The van der Waals surface area contributed by atoms with E-state index in [-0.39, 0.29) is 17.7 Å². The van der Waals surface area contributed by atoms with Crippen molar-refractivity contribution in [2.75, 3.05) is 59.1 Å². The molecule has 3 aliphatic rings. The van der Waals surface area contributed by atoms with Crippen molar-refractivity contribution in [1.29, 1.82) is 0 Å². The number of amides is 2. The molecule has 0 saturated carbocycles. The Balaban J connectivity index is 1.31. The molecule has 2 fully saturated rings. The largest absolute Gasteiger partial charge is 0.491 e. The van der Waals surface area contributed by atoms with Crippen LogP contribution in [-0.2, 0) is 20.9 Å². The van der Waals surface area contributed by atoms with Gasteiger partial charge in [0.2, 0.25) is 11.8 Å². The van der Waals surface area contributed by atoms with E-state index in [0.717, 1.165) is 57.1 Å². The average molecular weight is 402 g/mol. The average Bonchev–Trinajstić information content (AvgIpc) is 2.98. The SMILES string of the molecule is O=C1CC[C@H](C(=O)N2CCOc3ccccc3C2)CN1CCCN1CCOCC1. The molecular weight excluding hydrogens is 370 g/mol. The van der Waals surface area contributed by atoms with Crippen LogP contribution in [0.1, 0.15) is 24.8 Å². The molecule has 0 bridgehead atoms. The highest BCUT2D eigenvalue weighted by Crippen LogP contribution is 2.26. The van der Waals surface area contributed by atoms with Crippen LogP contribution in [0.4, 0.5) is 0 Å². The van der Waals surface area contributed by atoms with Crippen LogP contribution in [0.2, 0.25) is 0 Å². The van der Waals surface area contributed by atoms with Crippen LogP contribution in [0.15, 0.2) is 24.3 Å².